The highest BCUT2D eigenvalue weighted by atomic mass is 16.1. The Bertz CT molecular complexity index is 458. The second-order valence-electron chi connectivity index (χ2n) is 5.16. The number of carbonyl (C=O) groups excluding carboxylic acids is 1. The molecule has 0 radical (unpaired) electrons. The Hall–Kier alpha value is -1.89. The van der Waals surface area contributed by atoms with Crippen molar-refractivity contribution in [3.05, 3.63) is 30.1 Å². The van der Waals surface area contributed by atoms with Crippen molar-refractivity contribution in [2.24, 2.45) is 0 Å². The molecule has 0 aliphatic heterocycles. The first kappa shape index (κ1) is 13.5. The third-order valence-electron chi connectivity index (χ3n) is 3.69. The summed E-state index contributed by atoms with van der Waals surface area (Å²) in [5, 5.41) is 12.2. The van der Waals surface area contributed by atoms with E-state index in [0.717, 1.165) is 37.7 Å². The first-order valence-corrected chi connectivity index (χ1v) is 6.85. The molecule has 4 heteroatoms. The van der Waals surface area contributed by atoms with Crippen molar-refractivity contribution in [2.45, 2.75) is 50.5 Å². The van der Waals surface area contributed by atoms with Gasteiger partial charge < -0.3 is 5.32 Å². The second-order valence-corrected chi connectivity index (χ2v) is 5.16. The fourth-order valence-electron chi connectivity index (χ4n) is 2.56. The first-order chi connectivity index (χ1) is 9.24. The van der Waals surface area contributed by atoms with Crippen LogP contribution >= 0.6 is 0 Å². The number of aromatic nitrogens is 1. The molecule has 1 aromatic rings. The van der Waals surface area contributed by atoms with Crippen LogP contribution in [0.2, 0.25) is 0 Å². The van der Waals surface area contributed by atoms with Crippen molar-refractivity contribution in [3.63, 3.8) is 0 Å². The van der Waals surface area contributed by atoms with E-state index in [1.165, 1.54) is 0 Å². The number of nitrogens with one attached hydrogen (secondary N) is 1. The smallest absolute Gasteiger partial charge is 0.221 e. The van der Waals surface area contributed by atoms with Crippen molar-refractivity contribution in [1.82, 2.24) is 10.3 Å². The molecule has 2 rings (SSSR count). The summed E-state index contributed by atoms with van der Waals surface area (Å²) in [6.45, 7) is 0. The number of hydrogen-bond donors (Lipinski definition) is 1. The molecule has 1 aliphatic carbocycles. The molecule has 1 aliphatic rings. The molecule has 0 aromatic carbocycles. The zero-order chi connectivity index (χ0) is 13.6. The van der Waals surface area contributed by atoms with Crippen LogP contribution in [0.25, 0.3) is 0 Å². The number of rotatable bonds is 4. The van der Waals surface area contributed by atoms with Gasteiger partial charge in [0.05, 0.1) is 6.07 Å². The fraction of sp³-hybridized carbons (Fsp3) is 0.533. The van der Waals surface area contributed by atoms with Gasteiger partial charge in [-0.15, -0.1) is 0 Å². The van der Waals surface area contributed by atoms with Gasteiger partial charge in [-0.05, 0) is 37.0 Å². The number of pyridine rings is 1. The van der Waals surface area contributed by atoms with Gasteiger partial charge in [0.25, 0.3) is 0 Å². The summed E-state index contributed by atoms with van der Waals surface area (Å²) in [6.07, 6.45) is 9.35. The predicted octanol–water partition coefficient (Wildman–Crippen LogP) is 2.36. The Kier molecular flexibility index (Phi) is 4.51. The molecule has 1 aromatic heterocycles. The summed E-state index contributed by atoms with van der Waals surface area (Å²) in [6, 6.07) is 6.13. The Morgan fingerprint density at radius 2 is 2.00 bits per heavy atom. The van der Waals surface area contributed by atoms with Crippen LogP contribution in [0.3, 0.4) is 0 Å². The minimum atomic E-state index is -0.617. The van der Waals surface area contributed by atoms with Gasteiger partial charge in [-0.25, -0.2) is 0 Å². The highest BCUT2D eigenvalue weighted by Gasteiger charge is 2.33. The minimum absolute atomic E-state index is 0.0275. The van der Waals surface area contributed by atoms with Gasteiger partial charge in [0.2, 0.25) is 5.91 Å². The summed E-state index contributed by atoms with van der Waals surface area (Å²) in [7, 11) is 0. The molecule has 4 nitrogen and oxygen atoms in total. The number of nitrogens with zero attached hydrogens (tertiary/aromatic N) is 2. The lowest BCUT2D eigenvalue weighted by atomic mass is 9.82. The molecule has 1 saturated carbocycles. The van der Waals surface area contributed by atoms with Crippen LogP contribution in [0.1, 0.15) is 44.1 Å². The molecule has 1 fully saturated rings. The van der Waals surface area contributed by atoms with E-state index in [1.54, 1.807) is 12.4 Å². The first-order valence-electron chi connectivity index (χ1n) is 6.85. The maximum absolute atomic E-state index is 12.0. The second kappa shape index (κ2) is 6.33. The van der Waals surface area contributed by atoms with Crippen molar-refractivity contribution in [2.75, 3.05) is 0 Å². The molecule has 1 amide bonds. The number of aryl methyl sites for hydroxylation is 1. The highest BCUT2D eigenvalue weighted by molar-refractivity contribution is 5.77. The highest BCUT2D eigenvalue weighted by Crippen LogP contribution is 2.27. The molecule has 1 N–H and O–H groups in total. The maximum Gasteiger partial charge on any atom is 0.221 e. The quantitative estimate of drug-likeness (QED) is 0.900. The third-order valence-corrected chi connectivity index (χ3v) is 3.69. The SMILES string of the molecule is N#CC1(NC(=O)CCc2ccncc2)CCCCC1. The van der Waals surface area contributed by atoms with Crippen molar-refractivity contribution in [1.29, 1.82) is 5.26 Å². The maximum atomic E-state index is 12.0. The van der Waals surface area contributed by atoms with E-state index in [9.17, 15) is 10.1 Å². The van der Waals surface area contributed by atoms with Gasteiger partial charge in [-0.3, -0.25) is 9.78 Å². The zero-order valence-corrected chi connectivity index (χ0v) is 11.1. The molecule has 0 unspecified atom stereocenters. The van der Waals surface area contributed by atoms with Crippen LogP contribution in [-0.4, -0.2) is 16.4 Å². The van der Waals surface area contributed by atoms with E-state index < -0.39 is 5.54 Å². The Balaban J connectivity index is 1.85. The van der Waals surface area contributed by atoms with Gasteiger partial charge in [0.15, 0.2) is 0 Å². The Morgan fingerprint density at radius 3 is 2.63 bits per heavy atom. The number of hydrogen-bond acceptors (Lipinski definition) is 3. The Morgan fingerprint density at radius 1 is 1.32 bits per heavy atom. The summed E-state index contributed by atoms with van der Waals surface area (Å²) in [5.74, 6) is -0.0275. The third kappa shape index (κ3) is 3.78. The van der Waals surface area contributed by atoms with Crippen LogP contribution in [0.5, 0.6) is 0 Å². The summed E-state index contributed by atoms with van der Waals surface area (Å²) in [5.41, 5.74) is 0.480. The number of carbonyl (C=O) groups is 1. The summed E-state index contributed by atoms with van der Waals surface area (Å²) >= 11 is 0. The zero-order valence-electron chi connectivity index (χ0n) is 11.1. The molecule has 1 heterocycles. The normalized spacial score (nSPS) is 17.4. The van der Waals surface area contributed by atoms with Gasteiger partial charge in [0, 0.05) is 18.8 Å². The lowest BCUT2D eigenvalue weighted by molar-refractivity contribution is -0.122. The molecule has 0 bridgehead atoms. The van der Waals surface area contributed by atoms with Crippen LogP contribution in [0.4, 0.5) is 0 Å². The van der Waals surface area contributed by atoms with Crippen LogP contribution in [0.15, 0.2) is 24.5 Å². The summed E-state index contributed by atoms with van der Waals surface area (Å²) in [4.78, 5) is 15.9. The van der Waals surface area contributed by atoms with Crippen LogP contribution in [-0.2, 0) is 11.2 Å². The molecular weight excluding hydrogens is 238 g/mol. The molecule has 0 atom stereocenters. The number of amides is 1. The van der Waals surface area contributed by atoms with Crippen molar-refractivity contribution in [3.8, 4) is 6.07 Å². The molecular formula is C15H19N3O. The van der Waals surface area contributed by atoms with Crippen molar-refractivity contribution < 1.29 is 4.79 Å². The lowest BCUT2D eigenvalue weighted by Crippen LogP contribution is -2.48. The largest absolute Gasteiger partial charge is 0.338 e. The van der Waals surface area contributed by atoms with Crippen LogP contribution < -0.4 is 5.32 Å². The average Bonchev–Trinajstić information content (AvgIpc) is 2.47. The monoisotopic (exact) mass is 257 g/mol. The van der Waals surface area contributed by atoms with Gasteiger partial charge in [-0.2, -0.15) is 5.26 Å². The average molecular weight is 257 g/mol. The van der Waals surface area contributed by atoms with E-state index in [-0.39, 0.29) is 5.91 Å². The molecule has 0 saturated heterocycles. The fourth-order valence-corrected chi connectivity index (χ4v) is 2.56. The topological polar surface area (TPSA) is 65.8 Å². The number of nitriles is 1. The van der Waals surface area contributed by atoms with E-state index in [2.05, 4.69) is 16.4 Å². The molecule has 100 valence electrons. The standard InChI is InChI=1S/C15H19N3O/c16-12-15(8-2-1-3-9-15)18-14(19)5-4-13-6-10-17-11-7-13/h6-7,10-11H,1-5,8-9H2,(H,18,19). The van der Waals surface area contributed by atoms with E-state index in [4.69, 9.17) is 0 Å². The molecule has 19 heavy (non-hydrogen) atoms. The van der Waals surface area contributed by atoms with E-state index >= 15 is 0 Å². The van der Waals surface area contributed by atoms with Gasteiger partial charge in [0.1, 0.15) is 5.54 Å². The van der Waals surface area contributed by atoms with Gasteiger partial charge in [-0.1, -0.05) is 19.3 Å². The van der Waals surface area contributed by atoms with E-state index in [0.29, 0.717) is 12.8 Å². The van der Waals surface area contributed by atoms with Crippen molar-refractivity contribution >= 4 is 5.91 Å². The van der Waals surface area contributed by atoms with Crippen LogP contribution in [0, 0.1) is 11.3 Å². The molecule has 0 spiro atoms. The van der Waals surface area contributed by atoms with Gasteiger partial charge >= 0.3 is 0 Å². The lowest BCUT2D eigenvalue weighted by Gasteiger charge is -2.31. The van der Waals surface area contributed by atoms with E-state index in [1.807, 2.05) is 12.1 Å². The minimum Gasteiger partial charge on any atom is -0.338 e. The predicted molar refractivity (Wildman–Crippen MR) is 72.1 cm³/mol. The Labute approximate surface area is 113 Å². The summed E-state index contributed by atoms with van der Waals surface area (Å²) < 4.78 is 0.